The summed E-state index contributed by atoms with van der Waals surface area (Å²) in [5, 5.41) is 12.9. The molecule has 3 aromatic rings. The Kier molecular flexibility index (Phi) is 4.88. The summed E-state index contributed by atoms with van der Waals surface area (Å²) >= 11 is 5.89. The van der Waals surface area contributed by atoms with Crippen LogP contribution >= 0.6 is 11.6 Å². The summed E-state index contributed by atoms with van der Waals surface area (Å²) in [7, 11) is 0. The predicted octanol–water partition coefficient (Wildman–Crippen LogP) is 4.26. The van der Waals surface area contributed by atoms with Crippen LogP contribution in [0.25, 0.3) is 11.1 Å². The number of nitrogens with one attached hydrogen (secondary N) is 1. The van der Waals surface area contributed by atoms with Crippen molar-refractivity contribution in [1.29, 1.82) is 0 Å². The van der Waals surface area contributed by atoms with Crippen LogP contribution in [0.3, 0.4) is 0 Å². The number of carboxylic acid groups (broad SMARTS) is 1. The van der Waals surface area contributed by atoms with Gasteiger partial charge in [0.15, 0.2) is 0 Å². The molecular weight excluding hydrogens is 374 g/mol. The lowest BCUT2D eigenvalue weighted by molar-refractivity contribution is -0.141. The topological polar surface area (TPSA) is 66.4 Å². The number of benzene rings is 3. The quantitative estimate of drug-likeness (QED) is 0.682. The lowest BCUT2D eigenvalue weighted by Gasteiger charge is -2.19. The first-order valence-corrected chi connectivity index (χ1v) is 9.38. The average molecular weight is 392 g/mol. The third-order valence-corrected chi connectivity index (χ3v) is 5.32. The van der Waals surface area contributed by atoms with Gasteiger partial charge >= 0.3 is 5.97 Å². The van der Waals surface area contributed by atoms with Crippen LogP contribution in [0.1, 0.15) is 22.6 Å². The molecule has 1 amide bonds. The molecule has 0 fully saturated rings. The number of carbonyl (C=O) groups excluding carboxylic acids is 1. The third kappa shape index (κ3) is 3.39. The minimum absolute atomic E-state index is 0.189. The van der Waals surface area contributed by atoms with Gasteiger partial charge in [-0.25, -0.2) is 4.79 Å². The predicted molar refractivity (Wildman–Crippen MR) is 108 cm³/mol. The Labute approximate surface area is 167 Å². The van der Waals surface area contributed by atoms with Crippen molar-refractivity contribution in [2.75, 3.05) is 0 Å². The van der Waals surface area contributed by atoms with Gasteiger partial charge in [0.2, 0.25) is 5.91 Å². The number of halogens is 1. The number of amides is 1. The van der Waals surface area contributed by atoms with Crippen molar-refractivity contribution >= 4 is 23.5 Å². The molecule has 0 aromatic heterocycles. The molecule has 5 heteroatoms. The summed E-state index contributed by atoms with van der Waals surface area (Å²) in [5.74, 6) is -1.89. The Morgan fingerprint density at radius 2 is 1.43 bits per heavy atom. The van der Waals surface area contributed by atoms with Crippen molar-refractivity contribution in [3.8, 4) is 11.1 Å². The van der Waals surface area contributed by atoms with Gasteiger partial charge in [-0.05, 0) is 39.9 Å². The van der Waals surface area contributed by atoms with Crippen molar-refractivity contribution < 1.29 is 14.7 Å². The Balaban J connectivity index is 1.61. The second kappa shape index (κ2) is 7.49. The molecule has 0 bridgehead atoms. The van der Waals surface area contributed by atoms with Gasteiger partial charge in [-0.2, -0.15) is 0 Å². The fourth-order valence-electron chi connectivity index (χ4n) is 3.75. The zero-order chi connectivity index (χ0) is 19.7. The van der Waals surface area contributed by atoms with Crippen molar-refractivity contribution in [2.45, 2.75) is 18.4 Å². The van der Waals surface area contributed by atoms with Gasteiger partial charge in [0.1, 0.15) is 6.04 Å². The van der Waals surface area contributed by atoms with Crippen LogP contribution in [0.5, 0.6) is 0 Å². The summed E-state index contributed by atoms with van der Waals surface area (Å²) in [6.07, 6.45) is 0.189. The van der Waals surface area contributed by atoms with Gasteiger partial charge in [-0.15, -0.1) is 0 Å². The van der Waals surface area contributed by atoms with Gasteiger partial charge in [0, 0.05) is 11.4 Å². The van der Waals surface area contributed by atoms with E-state index in [4.69, 9.17) is 11.6 Å². The SMILES string of the molecule is O=C(N[C@H](Cc1ccc(Cl)cc1)C(=O)O)C1c2ccccc2-c2ccccc21. The molecule has 0 aliphatic heterocycles. The highest BCUT2D eigenvalue weighted by molar-refractivity contribution is 6.30. The fourth-order valence-corrected chi connectivity index (χ4v) is 3.88. The summed E-state index contributed by atoms with van der Waals surface area (Å²) < 4.78 is 0. The summed E-state index contributed by atoms with van der Waals surface area (Å²) in [5.41, 5.74) is 4.63. The minimum atomic E-state index is -1.07. The highest BCUT2D eigenvalue weighted by Crippen LogP contribution is 2.44. The van der Waals surface area contributed by atoms with Crippen molar-refractivity contribution in [2.24, 2.45) is 0 Å². The number of aliphatic carboxylic acids is 1. The molecule has 2 N–H and O–H groups in total. The second-order valence-corrected chi connectivity index (χ2v) is 7.27. The Morgan fingerprint density at radius 3 is 1.96 bits per heavy atom. The van der Waals surface area contributed by atoms with E-state index in [1.54, 1.807) is 24.3 Å². The van der Waals surface area contributed by atoms with E-state index in [0.717, 1.165) is 27.8 Å². The number of rotatable bonds is 5. The first kappa shape index (κ1) is 18.3. The Morgan fingerprint density at radius 1 is 0.893 bits per heavy atom. The average Bonchev–Trinajstić information content (AvgIpc) is 3.03. The highest BCUT2D eigenvalue weighted by Gasteiger charge is 2.35. The minimum Gasteiger partial charge on any atom is -0.480 e. The molecule has 28 heavy (non-hydrogen) atoms. The van der Waals surface area contributed by atoms with Crippen molar-refractivity contribution in [3.63, 3.8) is 0 Å². The molecule has 0 spiro atoms. The standard InChI is InChI=1S/C23H18ClNO3/c24-15-11-9-14(10-12-15)13-20(23(27)28)25-22(26)21-18-7-3-1-5-16(18)17-6-2-4-8-19(17)21/h1-12,20-21H,13H2,(H,25,26)(H,27,28)/t20-/m1/s1. The number of hydrogen-bond donors (Lipinski definition) is 2. The van der Waals surface area contributed by atoms with Gasteiger partial charge in [0.05, 0.1) is 5.92 Å². The van der Waals surface area contributed by atoms with Crippen LogP contribution in [0, 0.1) is 0 Å². The molecule has 0 radical (unpaired) electrons. The van der Waals surface area contributed by atoms with E-state index in [1.165, 1.54) is 0 Å². The van der Waals surface area contributed by atoms with E-state index < -0.39 is 17.9 Å². The first-order chi connectivity index (χ1) is 13.5. The first-order valence-electron chi connectivity index (χ1n) is 9.00. The largest absolute Gasteiger partial charge is 0.480 e. The van der Waals surface area contributed by atoms with Crippen LogP contribution in [-0.2, 0) is 16.0 Å². The van der Waals surface area contributed by atoms with Crippen LogP contribution in [0.4, 0.5) is 0 Å². The Bertz CT molecular complexity index is 1000. The highest BCUT2D eigenvalue weighted by atomic mass is 35.5. The normalized spacial score (nSPS) is 13.5. The second-order valence-electron chi connectivity index (χ2n) is 6.84. The van der Waals surface area contributed by atoms with E-state index in [0.29, 0.717) is 5.02 Å². The molecule has 4 nitrogen and oxygen atoms in total. The van der Waals surface area contributed by atoms with Crippen LogP contribution in [0.15, 0.2) is 72.8 Å². The Hall–Kier alpha value is -3.11. The van der Waals surface area contributed by atoms with E-state index in [1.807, 2.05) is 48.5 Å². The number of carbonyl (C=O) groups is 2. The molecular formula is C23H18ClNO3. The zero-order valence-electron chi connectivity index (χ0n) is 14.9. The van der Waals surface area contributed by atoms with Crippen LogP contribution in [-0.4, -0.2) is 23.0 Å². The van der Waals surface area contributed by atoms with Crippen LogP contribution in [0.2, 0.25) is 5.02 Å². The molecule has 1 aliphatic carbocycles. The molecule has 4 rings (SSSR count). The molecule has 0 saturated heterocycles. The van der Waals surface area contributed by atoms with Gasteiger partial charge in [0.25, 0.3) is 0 Å². The number of fused-ring (bicyclic) bond motifs is 3. The monoisotopic (exact) mass is 391 g/mol. The molecule has 140 valence electrons. The van der Waals surface area contributed by atoms with E-state index >= 15 is 0 Å². The van der Waals surface area contributed by atoms with E-state index in [9.17, 15) is 14.7 Å². The zero-order valence-corrected chi connectivity index (χ0v) is 15.7. The summed E-state index contributed by atoms with van der Waals surface area (Å²) in [4.78, 5) is 24.9. The number of carboxylic acids is 1. The molecule has 0 saturated carbocycles. The van der Waals surface area contributed by atoms with Crippen LogP contribution < -0.4 is 5.32 Å². The van der Waals surface area contributed by atoms with Crippen molar-refractivity contribution in [1.82, 2.24) is 5.32 Å². The molecule has 3 aromatic carbocycles. The maximum Gasteiger partial charge on any atom is 0.326 e. The third-order valence-electron chi connectivity index (χ3n) is 5.06. The molecule has 0 heterocycles. The molecule has 1 aliphatic rings. The fraction of sp³-hybridized carbons (Fsp3) is 0.130. The van der Waals surface area contributed by atoms with E-state index in [2.05, 4.69) is 5.32 Å². The smallest absolute Gasteiger partial charge is 0.326 e. The van der Waals surface area contributed by atoms with Gasteiger partial charge in [-0.3, -0.25) is 4.79 Å². The van der Waals surface area contributed by atoms with E-state index in [-0.39, 0.29) is 12.3 Å². The lowest BCUT2D eigenvalue weighted by Crippen LogP contribution is -2.44. The number of hydrogen-bond acceptors (Lipinski definition) is 2. The van der Waals surface area contributed by atoms with Crippen molar-refractivity contribution in [3.05, 3.63) is 94.5 Å². The lowest BCUT2D eigenvalue weighted by atomic mass is 9.95. The van der Waals surface area contributed by atoms with Gasteiger partial charge < -0.3 is 10.4 Å². The molecule has 1 atom stereocenters. The summed E-state index contributed by atoms with van der Waals surface area (Å²) in [6, 6.07) is 21.4. The van der Waals surface area contributed by atoms with Gasteiger partial charge in [-0.1, -0.05) is 72.3 Å². The maximum atomic E-state index is 13.1. The maximum absolute atomic E-state index is 13.1. The summed E-state index contributed by atoms with van der Waals surface area (Å²) in [6.45, 7) is 0. The molecule has 0 unspecified atom stereocenters.